The first kappa shape index (κ1) is 13.6. The lowest BCUT2D eigenvalue weighted by molar-refractivity contribution is 0.430. The zero-order valence-corrected chi connectivity index (χ0v) is 12.0. The van der Waals surface area contributed by atoms with Gasteiger partial charge in [-0.3, -0.25) is 0 Å². The number of H-pyrrole nitrogens is 1. The van der Waals surface area contributed by atoms with E-state index < -0.39 is 0 Å². The molecule has 0 spiro atoms. The van der Waals surface area contributed by atoms with Gasteiger partial charge in [-0.05, 0) is 31.7 Å². The van der Waals surface area contributed by atoms with Gasteiger partial charge in [0.15, 0.2) is 0 Å². The number of nitrogens with two attached hydrogens (primary N) is 1. The zero-order chi connectivity index (χ0) is 13.8. The van der Waals surface area contributed by atoms with Gasteiger partial charge >= 0.3 is 0 Å². The Bertz CT molecular complexity index is 536. The van der Waals surface area contributed by atoms with E-state index in [1.165, 1.54) is 62.4 Å². The van der Waals surface area contributed by atoms with Crippen molar-refractivity contribution in [2.45, 2.75) is 63.3 Å². The number of nitrogens with one attached hydrogen (secondary N) is 1. The lowest BCUT2D eigenvalue weighted by Gasteiger charge is -2.20. The van der Waals surface area contributed by atoms with Gasteiger partial charge in [-0.15, -0.1) is 0 Å². The summed E-state index contributed by atoms with van der Waals surface area (Å²) < 4.78 is 0. The van der Waals surface area contributed by atoms with Crippen LogP contribution in [0.5, 0.6) is 0 Å². The minimum absolute atomic E-state index is 0.419. The van der Waals surface area contributed by atoms with Gasteiger partial charge in [0.1, 0.15) is 12.0 Å². The van der Waals surface area contributed by atoms with E-state index in [-0.39, 0.29) is 0 Å². The topological polar surface area (TPSA) is 67.6 Å². The van der Waals surface area contributed by atoms with Crippen molar-refractivity contribution in [1.29, 1.82) is 0 Å². The summed E-state index contributed by atoms with van der Waals surface area (Å²) in [6, 6.07) is 2.53. The maximum absolute atomic E-state index is 6.11. The third-order valence-electron chi connectivity index (χ3n) is 4.53. The summed E-state index contributed by atoms with van der Waals surface area (Å²) in [6.07, 6.45) is 13.5. The van der Waals surface area contributed by atoms with E-state index in [1.54, 1.807) is 6.33 Å². The summed E-state index contributed by atoms with van der Waals surface area (Å²) in [4.78, 5) is 12.1. The Morgan fingerprint density at radius 1 is 1.00 bits per heavy atom. The number of nitrogens with zero attached hydrogens (tertiary/aromatic N) is 2. The minimum Gasteiger partial charge on any atom is -0.346 e. The van der Waals surface area contributed by atoms with E-state index in [9.17, 15) is 0 Å². The molecule has 0 amide bonds. The van der Waals surface area contributed by atoms with Crippen LogP contribution in [0.2, 0.25) is 0 Å². The second kappa shape index (κ2) is 6.35. The van der Waals surface area contributed by atoms with Crippen LogP contribution in [0.4, 0.5) is 0 Å². The Morgan fingerprint density at radius 3 is 2.45 bits per heavy atom. The number of fused-ring (bicyclic) bond motifs is 1. The van der Waals surface area contributed by atoms with Crippen molar-refractivity contribution < 1.29 is 0 Å². The van der Waals surface area contributed by atoms with Crippen molar-refractivity contribution in [1.82, 2.24) is 15.0 Å². The molecule has 4 nitrogen and oxygen atoms in total. The summed E-state index contributed by atoms with van der Waals surface area (Å²) in [5.41, 5.74) is 8.31. The van der Waals surface area contributed by atoms with Crippen LogP contribution in [0, 0.1) is 0 Å². The molecule has 0 atom stereocenters. The van der Waals surface area contributed by atoms with Crippen molar-refractivity contribution in [3.8, 4) is 0 Å². The second-order valence-electron chi connectivity index (χ2n) is 6.02. The molecule has 2 heterocycles. The highest BCUT2D eigenvalue weighted by molar-refractivity contribution is 5.78. The molecule has 3 rings (SSSR count). The van der Waals surface area contributed by atoms with Gasteiger partial charge < -0.3 is 10.7 Å². The highest BCUT2D eigenvalue weighted by Gasteiger charge is 2.18. The zero-order valence-electron chi connectivity index (χ0n) is 12.0. The van der Waals surface area contributed by atoms with Crippen molar-refractivity contribution in [2.75, 3.05) is 0 Å². The number of hydrogen-bond acceptors (Lipinski definition) is 3. The van der Waals surface area contributed by atoms with Crippen LogP contribution in [0.15, 0.2) is 18.6 Å². The first-order valence-electron chi connectivity index (χ1n) is 7.88. The van der Waals surface area contributed by atoms with Crippen LogP contribution < -0.4 is 5.73 Å². The Labute approximate surface area is 120 Å². The molecule has 1 aliphatic rings. The molecule has 1 aliphatic carbocycles. The van der Waals surface area contributed by atoms with Crippen LogP contribution >= 0.6 is 0 Å². The maximum Gasteiger partial charge on any atom is 0.140 e. The summed E-state index contributed by atoms with van der Waals surface area (Å²) in [7, 11) is 0. The van der Waals surface area contributed by atoms with E-state index in [2.05, 4.69) is 21.0 Å². The number of hydrogen-bond donors (Lipinski definition) is 2. The van der Waals surface area contributed by atoms with E-state index >= 15 is 0 Å². The third-order valence-corrected chi connectivity index (χ3v) is 4.53. The van der Waals surface area contributed by atoms with Crippen molar-refractivity contribution in [3.05, 3.63) is 24.3 Å². The maximum atomic E-state index is 6.11. The lowest BCUT2D eigenvalue weighted by Crippen LogP contribution is -2.20. The first-order valence-corrected chi connectivity index (χ1v) is 7.88. The number of aromatic nitrogens is 3. The molecule has 108 valence electrons. The summed E-state index contributed by atoms with van der Waals surface area (Å²) >= 11 is 0. The molecule has 2 aromatic heterocycles. The fourth-order valence-electron chi connectivity index (χ4n) is 3.37. The summed E-state index contributed by atoms with van der Waals surface area (Å²) in [5, 5.41) is 1.20. The fraction of sp³-hybridized carbons (Fsp3) is 0.625. The highest BCUT2D eigenvalue weighted by atomic mass is 14.9. The molecular formula is C16H24N4. The molecule has 4 heteroatoms. The van der Waals surface area contributed by atoms with Crippen molar-refractivity contribution >= 4 is 11.0 Å². The SMILES string of the molecule is NC1CCCCC(c2ncnc3[nH]ccc23)CCCC1. The minimum atomic E-state index is 0.419. The Hall–Kier alpha value is -1.42. The Kier molecular flexibility index (Phi) is 4.31. The molecule has 0 bridgehead atoms. The highest BCUT2D eigenvalue weighted by Crippen LogP contribution is 2.31. The summed E-state index contributed by atoms with van der Waals surface area (Å²) in [6.45, 7) is 0. The van der Waals surface area contributed by atoms with Gasteiger partial charge in [0.05, 0.1) is 5.69 Å². The van der Waals surface area contributed by atoms with Gasteiger partial charge in [0.2, 0.25) is 0 Å². The van der Waals surface area contributed by atoms with E-state index in [4.69, 9.17) is 5.73 Å². The molecule has 0 aliphatic heterocycles. The third kappa shape index (κ3) is 3.01. The van der Waals surface area contributed by atoms with Gasteiger partial charge in [0, 0.05) is 23.5 Å². The molecule has 20 heavy (non-hydrogen) atoms. The molecule has 2 aromatic rings. The normalized spacial score (nSPS) is 25.6. The van der Waals surface area contributed by atoms with Crippen LogP contribution in [0.1, 0.15) is 63.0 Å². The fourth-order valence-corrected chi connectivity index (χ4v) is 3.37. The Morgan fingerprint density at radius 2 is 1.70 bits per heavy atom. The number of aromatic amines is 1. The van der Waals surface area contributed by atoms with Crippen LogP contribution in [-0.2, 0) is 0 Å². The second-order valence-corrected chi connectivity index (χ2v) is 6.02. The summed E-state index contributed by atoms with van der Waals surface area (Å²) in [5.74, 6) is 0.575. The Balaban J connectivity index is 1.78. The van der Waals surface area contributed by atoms with Crippen LogP contribution in [0.3, 0.4) is 0 Å². The molecule has 3 N–H and O–H groups in total. The van der Waals surface area contributed by atoms with Crippen molar-refractivity contribution in [3.63, 3.8) is 0 Å². The monoisotopic (exact) mass is 272 g/mol. The molecule has 0 aromatic carbocycles. The lowest BCUT2D eigenvalue weighted by atomic mass is 9.88. The number of rotatable bonds is 1. The average molecular weight is 272 g/mol. The van der Waals surface area contributed by atoms with E-state index in [0.29, 0.717) is 12.0 Å². The molecule has 0 saturated heterocycles. The van der Waals surface area contributed by atoms with Gasteiger partial charge in [-0.2, -0.15) is 0 Å². The molecule has 1 saturated carbocycles. The first-order chi connectivity index (χ1) is 9.84. The van der Waals surface area contributed by atoms with Crippen molar-refractivity contribution in [2.24, 2.45) is 5.73 Å². The molecule has 1 fully saturated rings. The van der Waals surface area contributed by atoms with Crippen LogP contribution in [0.25, 0.3) is 11.0 Å². The predicted octanol–water partition coefficient (Wildman–Crippen LogP) is 3.50. The molecular weight excluding hydrogens is 248 g/mol. The molecule has 0 unspecified atom stereocenters. The standard InChI is InChI=1S/C16H24N4/c17-13-7-3-1-5-12(6-2-4-8-13)15-14-9-10-18-16(14)20-11-19-15/h9-13H,1-8,17H2,(H,18,19,20). The largest absolute Gasteiger partial charge is 0.346 e. The van der Waals surface area contributed by atoms with E-state index in [0.717, 1.165) is 5.65 Å². The van der Waals surface area contributed by atoms with Gasteiger partial charge in [-0.25, -0.2) is 9.97 Å². The quantitative estimate of drug-likeness (QED) is 0.834. The smallest absolute Gasteiger partial charge is 0.140 e. The van der Waals surface area contributed by atoms with Gasteiger partial charge in [-0.1, -0.05) is 25.7 Å². The predicted molar refractivity (Wildman–Crippen MR) is 81.5 cm³/mol. The van der Waals surface area contributed by atoms with Gasteiger partial charge in [0.25, 0.3) is 0 Å². The van der Waals surface area contributed by atoms with E-state index in [1.807, 2.05) is 6.20 Å². The average Bonchev–Trinajstić information content (AvgIpc) is 2.94. The molecule has 0 radical (unpaired) electrons. The van der Waals surface area contributed by atoms with Crippen LogP contribution in [-0.4, -0.2) is 21.0 Å².